The van der Waals surface area contributed by atoms with Crippen LogP contribution in [0.2, 0.25) is 10.0 Å². The predicted octanol–water partition coefficient (Wildman–Crippen LogP) is 4.00. The van der Waals surface area contributed by atoms with Crippen LogP contribution in [0.3, 0.4) is 0 Å². The zero-order valence-corrected chi connectivity index (χ0v) is 21.8. The van der Waals surface area contributed by atoms with E-state index in [0.29, 0.717) is 27.1 Å². The molecule has 12 heteroatoms. The SMILES string of the molecule is CS(=O)(=O)NC(=O)C(Cc1ccccc1)N1C(=O)/C(=C\c2ccc(-c3ccc(Cl)c(Cl)c3)o2)NC1=S. The van der Waals surface area contributed by atoms with E-state index in [2.05, 4.69) is 5.32 Å². The van der Waals surface area contributed by atoms with Crippen LogP contribution >= 0.6 is 35.4 Å². The zero-order valence-electron chi connectivity index (χ0n) is 18.7. The molecule has 3 aromatic rings. The van der Waals surface area contributed by atoms with E-state index >= 15 is 0 Å². The Morgan fingerprint density at radius 1 is 1.14 bits per heavy atom. The number of benzene rings is 2. The Morgan fingerprint density at radius 2 is 1.86 bits per heavy atom. The third kappa shape index (κ3) is 5.96. The second kappa shape index (κ2) is 10.4. The average Bonchev–Trinajstić information content (AvgIpc) is 3.38. The maximum absolute atomic E-state index is 13.3. The van der Waals surface area contributed by atoms with Gasteiger partial charge in [0, 0.05) is 18.1 Å². The fourth-order valence-corrected chi connectivity index (χ4v) is 4.72. The highest BCUT2D eigenvalue weighted by molar-refractivity contribution is 7.89. The molecule has 0 bridgehead atoms. The van der Waals surface area contributed by atoms with Crippen molar-refractivity contribution in [3.8, 4) is 11.3 Å². The zero-order chi connectivity index (χ0) is 26.0. The lowest BCUT2D eigenvalue weighted by molar-refractivity contribution is -0.131. The monoisotopic (exact) mass is 563 g/mol. The van der Waals surface area contributed by atoms with Gasteiger partial charge in [-0.05, 0) is 48.1 Å². The molecule has 2 N–H and O–H groups in total. The van der Waals surface area contributed by atoms with E-state index in [1.54, 1.807) is 60.7 Å². The molecule has 0 radical (unpaired) electrons. The minimum absolute atomic E-state index is 0.0351. The summed E-state index contributed by atoms with van der Waals surface area (Å²) in [6.45, 7) is 0. The Labute approximate surface area is 222 Å². The van der Waals surface area contributed by atoms with Gasteiger partial charge in [-0.1, -0.05) is 53.5 Å². The summed E-state index contributed by atoms with van der Waals surface area (Å²) in [5, 5.41) is 3.54. The molecule has 2 aromatic carbocycles. The van der Waals surface area contributed by atoms with Crippen molar-refractivity contribution in [2.75, 3.05) is 6.26 Å². The number of carbonyl (C=O) groups is 2. The average molecular weight is 564 g/mol. The van der Waals surface area contributed by atoms with Gasteiger partial charge in [-0.25, -0.2) is 8.42 Å². The minimum Gasteiger partial charge on any atom is -0.457 e. The number of nitrogens with one attached hydrogen (secondary N) is 2. The third-order valence-electron chi connectivity index (χ3n) is 5.20. The smallest absolute Gasteiger partial charge is 0.277 e. The fraction of sp³-hybridized carbons (Fsp3) is 0.125. The van der Waals surface area contributed by atoms with Crippen LogP contribution in [0, 0.1) is 0 Å². The first-order valence-electron chi connectivity index (χ1n) is 10.5. The lowest BCUT2D eigenvalue weighted by Crippen LogP contribution is -2.52. The number of furan rings is 1. The summed E-state index contributed by atoms with van der Waals surface area (Å²) in [5.41, 5.74) is 1.48. The molecule has 1 aliphatic rings. The summed E-state index contributed by atoms with van der Waals surface area (Å²) in [5.74, 6) is -0.631. The number of rotatable bonds is 7. The second-order valence-corrected chi connectivity index (χ2v) is 10.9. The predicted molar refractivity (Wildman–Crippen MR) is 142 cm³/mol. The quantitative estimate of drug-likeness (QED) is 0.330. The van der Waals surface area contributed by atoms with Crippen molar-refractivity contribution in [1.82, 2.24) is 14.9 Å². The summed E-state index contributed by atoms with van der Waals surface area (Å²) in [4.78, 5) is 27.2. The van der Waals surface area contributed by atoms with E-state index in [1.807, 2.05) is 4.72 Å². The molecule has 2 heterocycles. The van der Waals surface area contributed by atoms with Crippen LogP contribution in [0.25, 0.3) is 17.4 Å². The molecule has 0 spiro atoms. The lowest BCUT2D eigenvalue weighted by atomic mass is 10.0. The molecule has 8 nitrogen and oxygen atoms in total. The van der Waals surface area contributed by atoms with E-state index in [9.17, 15) is 18.0 Å². The van der Waals surface area contributed by atoms with E-state index in [-0.39, 0.29) is 17.2 Å². The number of amides is 2. The molecule has 0 aliphatic carbocycles. The molecule has 1 aliphatic heterocycles. The Balaban J connectivity index is 1.62. The third-order valence-corrected chi connectivity index (χ3v) is 6.81. The van der Waals surface area contributed by atoms with Gasteiger partial charge in [0.2, 0.25) is 10.0 Å². The van der Waals surface area contributed by atoms with Crippen molar-refractivity contribution in [3.63, 3.8) is 0 Å². The second-order valence-electron chi connectivity index (χ2n) is 7.94. The molecule has 1 saturated heterocycles. The Kier molecular flexibility index (Phi) is 7.51. The first kappa shape index (κ1) is 25.9. The maximum Gasteiger partial charge on any atom is 0.277 e. The summed E-state index contributed by atoms with van der Waals surface area (Å²) in [7, 11) is -3.87. The highest BCUT2D eigenvalue weighted by Crippen LogP contribution is 2.30. The minimum atomic E-state index is -3.87. The Hall–Kier alpha value is -3.18. The van der Waals surface area contributed by atoms with Gasteiger partial charge in [-0.3, -0.25) is 19.2 Å². The van der Waals surface area contributed by atoms with Gasteiger partial charge in [0.1, 0.15) is 23.3 Å². The van der Waals surface area contributed by atoms with E-state index in [0.717, 1.165) is 16.7 Å². The number of hydrogen-bond donors (Lipinski definition) is 2. The topological polar surface area (TPSA) is 109 Å². The van der Waals surface area contributed by atoms with Gasteiger partial charge in [0.05, 0.1) is 16.3 Å². The van der Waals surface area contributed by atoms with Gasteiger partial charge in [0.25, 0.3) is 11.8 Å². The van der Waals surface area contributed by atoms with Gasteiger partial charge < -0.3 is 9.73 Å². The highest BCUT2D eigenvalue weighted by atomic mass is 35.5. The Morgan fingerprint density at radius 3 is 2.53 bits per heavy atom. The van der Waals surface area contributed by atoms with Crippen molar-refractivity contribution in [2.24, 2.45) is 0 Å². The maximum atomic E-state index is 13.3. The number of thiocarbonyl (C=S) groups is 1. The van der Waals surface area contributed by atoms with Crippen molar-refractivity contribution in [3.05, 3.63) is 87.7 Å². The van der Waals surface area contributed by atoms with Crippen molar-refractivity contribution < 1.29 is 22.4 Å². The van der Waals surface area contributed by atoms with Crippen LogP contribution in [-0.4, -0.2) is 42.5 Å². The number of hydrogen-bond acceptors (Lipinski definition) is 6. The molecule has 2 amide bonds. The molecule has 1 atom stereocenters. The van der Waals surface area contributed by atoms with Crippen molar-refractivity contribution in [1.29, 1.82) is 0 Å². The van der Waals surface area contributed by atoms with Gasteiger partial charge >= 0.3 is 0 Å². The van der Waals surface area contributed by atoms with Crippen LogP contribution < -0.4 is 10.0 Å². The summed E-state index contributed by atoms with van der Waals surface area (Å²) < 4.78 is 31.2. The number of halogens is 2. The van der Waals surface area contributed by atoms with Crippen LogP contribution in [-0.2, 0) is 26.0 Å². The fourth-order valence-electron chi connectivity index (χ4n) is 3.60. The molecule has 0 saturated carbocycles. The normalized spacial score (nSPS) is 15.8. The van der Waals surface area contributed by atoms with E-state index in [4.69, 9.17) is 39.8 Å². The number of sulfonamides is 1. The van der Waals surface area contributed by atoms with Gasteiger partial charge in [-0.2, -0.15) is 0 Å². The molecule has 1 aromatic heterocycles. The van der Waals surface area contributed by atoms with Crippen LogP contribution in [0.4, 0.5) is 0 Å². The summed E-state index contributed by atoms with van der Waals surface area (Å²) >= 11 is 17.4. The Bertz CT molecular complexity index is 1490. The van der Waals surface area contributed by atoms with Gasteiger partial charge in [-0.15, -0.1) is 0 Å². The van der Waals surface area contributed by atoms with Crippen LogP contribution in [0.15, 0.2) is 70.8 Å². The molecule has 36 heavy (non-hydrogen) atoms. The highest BCUT2D eigenvalue weighted by Gasteiger charge is 2.40. The van der Waals surface area contributed by atoms with Crippen molar-refractivity contribution >= 4 is 68.4 Å². The van der Waals surface area contributed by atoms with Crippen LogP contribution in [0.1, 0.15) is 11.3 Å². The molecule has 1 unspecified atom stereocenters. The summed E-state index contributed by atoms with van der Waals surface area (Å²) in [6.07, 6.45) is 2.36. The van der Waals surface area contributed by atoms with Crippen LogP contribution in [0.5, 0.6) is 0 Å². The first-order chi connectivity index (χ1) is 17.0. The molecule has 4 rings (SSSR count). The van der Waals surface area contributed by atoms with Crippen molar-refractivity contribution in [2.45, 2.75) is 12.5 Å². The molecular formula is C24H19Cl2N3O5S2. The van der Waals surface area contributed by atoms with Gasteiger partial charge in [0.15, 0.2) is 5.11 Å². The molecular weight excluding hydrogens is 545 g/mol. The lowest BCUT2D eigenvalue weighted by Gasteiger charge is -2.25. The largest absolute Gasteiger partial charge is 0.457 e. The van der Waals surface area contributed by atoms with E-state index < -0.39 is 27.9 Å². The first-order valence-corrected chi connectivity index (χ1v) is 13.5. The summed E-state index contributed by atoms with van der Waals surface area (Å²) in [6, 6.07) is 16.1. The molecule has 186 valence electrons. The molecule has 1 fully saturated rings. The van der Waals surface area contributed by atoms with E-state index in [1.165, 1.54) is 6.08 Å². The number of carbonyl (C=O) groups excluding carboxylic acids is 2. The standard InChI is InChI=1S/C24H19Cl2N3O5S2/c1-36(32,33)28-22(30)20(11-14-5-3-2-4-6-14)29-23(31)19(27-24(29)35)13-16-8-10-21(34-16)15-7-9-17(25)18(26)12-15/h2-10,12-13,20H,11H2,1H3,(H,27,35)(H,28,30)/b19-13+. The number of nitrogens with zero attached hydrogens (tertiary/aromatic N) is 1.